The van der Waals surface area contributed by atoms with Crippen molar-refractivity contribution in [2.24, 2.45) is 0 Å². The number of rotatable bonds is 4. The highest BCUT2D eigenvalue weighted by atomic mass is 16.1. The molecule has 0 spiro atoms. The summed E-state index contributed by atoms with van der Waals surface area (Å²) < 4.78 is 0. The Morgan fingerprint density at radius 2 is 2.31 bits per heavy atom. The van der Waals surface area contributed by atoms with Crippen LogP contribution in [0.4, 0.5) is 5.82 Å². The van der Waals surface area contributed by atoms with Gasteiger partial charge in [0.15, 0.2) is 0 Å². The maximum atomic E-state index is 11.1. The standard InChI is InChI=1S/C10H13N5O/c1-2-7(10-11-3-4-12-10)15-8-5-9(16)14-6-13-8/h3-7H,2H2,1H3,(H,11,12)(H2,13,14,15,16). The Bertz CT molecular complexity index is 490. The molecule has 0 radical (unpaired) electrons. The van der Waals surface area contributed by atoms with E-state index in [-0.39, 0.29) is 11.6 Å². The van der Waals surface area contributed by atoms with Gasteiger partial charge in [0.2, 0.25) is 0 Å². The summed E-state index contributed by atoms with van der Waals surface area (Å²) in [4.78, 5) is 24.8. The fourth-order valence-corrected chi connectivity index (χ4v) is 1.46. The molecular weight excluding hydrogens is 206 g/mol. The van der Waals surface area contributed by atoms with Gasteiger partial charge in [-0.2, -0.15) is 0 Å². The number of H-pyrrole nitrogens is 2. The smallest absolute Gasteiger partial charge is 0.252 e. The molecule has 1 unspecified atom stereocenters. The quantitative estimate of drug-likeness (QED) is 0.717. The number of imidazole rings is 1. The third-order valence-electron chi connectivity index (χ3n) is 2.26. The van der Waals surface area contributed by atoms with Crippen molar-refractivity contribution in [2.75, 3.05) is 5.32 Å². The summed E-state index contributed by atoms with van der Waals surface area (Å²) >= 11 is 0. The van der Waals surface area contributed by atoms with Gasteiger partial charge in [-0.3, -0.25) is 4.79 Å². The molecule has 0 fully saturated rings. The average molecular weight is 219 g/mol. The van der Waals surface area contributed by atoms with E-state index in [1.165, 1.54) is 12.4 Å². The van der Waals surface area contributed by atoms with Crippen LogP contribution in [0.15, 0.2) is 29.6 Å². The third kappa shape index (κ3) is 2.28. The number of nitrogens with one attached hydrogen (secondary N) is 3. The van der Waals surface area contributed by atoms with Crippen LogP contribution in [0.25, 0.3) is 0 Å². The molecule has 0 aliphatic carbocycles. The first-order chi connectivity index (χ1) is 7.79. The topological polar surface area (TPSA) is 86.5 Å². The van der Waals surface area contributed by atoms with Crippen molar-refractivity contribution in [3.63, 3.8) is 0 Å². The Morgan fingerprint density at radius 1 is 1.44 bits per heavy atom. The van der Waals surface area contributed by atoms with Gasteiger partial charge in [0.1, 0.15) is 11.6 Å². The lowest BCUT2D eigenvalue weighted by atomic mass is 10.2. The molecule has 0 aliphatic rings. The van der Waals surface area contributed by atoms with Crippen LogP contribution in [0.3, 0.4) is 0 Å². The van der Waals surface area contributed by atoms with Crippen LogP contribution in [0.5, 0.6) is 0 Å². The molecule has 0 bridgehead atoms. The molecule has 6 nitrogen and oxygen atoms in total. The van der Waals surface area contributed by atoms with E-state index in [2.05, 4.69) is 25.3 Å². The minimum atomic E-state index is -0.174. The summed E-state index contributed by atoms with van der Waals surface area (Å²) in [5, 5.41) is 3.15. The second-order valence-corrected chi connectivity index (χ2v) is 3.38. The fraction of sp³-hybridized carbons (Fsp3) is 0.300. The largest absolute Gasteiger partial charge is 0.360 e. The van der Waals surface area contributed by atoms with E-state index in [0.717, 1.165) is 12.2 Å². The highest BCUT2D eigenvalue weighted by Crippen LogP contribution is 2.16. The van der Waals surface area contributed by atoms with Crippen molar-refractivity contribution < 1.29 is 0 Å². The lowest BCUT2D eigenvalue weighted by molar-refractivity contribution is 0.699. The molecule has 0 aromatic carbocycles. The van der Waals surface area contributed by atoms with Crippen LogP contribution < -0.4 is 10.9 Å². The number of hydrogen-bond acceptors (Lipinski definition) is 4. The molecule has 3 N–H and O–H groups in total. The van der Waals surface area contributed by atoms with E-state index in [1.807, 2.05) is 6.92 Å². The first-order valence-electron chi connectivity index (χ1n) is 5.10. The average Bonchev–Trinajstić information content (AvgIpc) is 2.79. The number of nitrogens with zero attached hydrogens (tertiary/aromatic N) is 2. The number of hydrogen-bond donors (Lipinski definition) is 3. The SMILES string of the molecule is CCC(Nc1cc(=O)[nH]cn1)c1ncc[nH]1. The zero-order chi connectivity index (χ0) is 11.4. The molecule has 0 saturated carbocycles. The number of aromatic nitrogens is 4. The number of aromatic amines is 2. The van der Waals surface area contributed by atoms with Crippen LogP contribution in [-0.4, -0.2) is 19.9 Å². The molecule has 0 saturated heterocycles. The van der Waals surface area contributed by atoms with Gasteiger partial charge in [-0.05, 0) is 6.42 Å². The van der Waals surface area contributed by atoms with Crippen molar-refractivity contribution in [3.05, 3.63) is 41.0 Å². The Balaban J connectivity index is 2.16. The molecule has 2 aromatic heterocycles. The van der Waals surface area contributed by atoms with E-state index in [9.17, 15) is 4.79 Å². The zero-order valence-electron chi connectivity index (χ0n) is 8.90. The monoisotopic (exact) mass is 219 g/mol. The van der Waals surface area contributed by atoms with Gasteiger partial charge in [0, 0.05) is 18.5 Å². The molecule has 2 rings (SSSR count). The predicted molar refractivity (Wildman–Crippen MR) is 60.1 cm³/mol. The molecule has 16 heavy (non-hydrogen) atoms. The summed E-state index contributed by atoms with van der Waals surface area (Å²) in [5.74, 6) is 1.39. The van der Waals surface area contributed by atoms with Gasteiger partial charge in [0.25, 0.3) is 5.56 Å². The van der Waals surface area contributed by atoms with E-state index < -0.39 is 0 Å². The minimum absolute atomic E-state index is 0.0318. The summed E-state index contributed by atoms with van der Waals surface area (Å²) in [6, 6.07) is 1.45. The molecule has 2 heterocycles. The van der Waals surface area contributed by atoms with Crippen molar-refractivity contribution in [1.82, 2.24) is 19.9 Å². The highest BCUT2D eigenvalue weighted by Gasteiger charge is 2.11. The van der Waals surface area contributed by atoms with Gasteiger partial charge in [-0.25, -0.2) is 9.97 Å². The van der Waals surface area contributed by atoms with Crippen LogP contribution in [0.1, 0.15) is 25.2 Å². The molecule has 0 aliphatic heterocycles. The summed E-state index contributed by atoms with van der Waals surface area (Å²) in [7, 11) is 0. The van der Waals surface area contributed by atoms with Crippen LogP contribution in [-0.2, 0) is 0 Å². The number of anilines is 1. The molecular formula is C10H13N5O. The van der Waals surface area contributed by atoms with Crippen LogP contribution in [0.2, 0.25) is 0 Å². The van der Waals surface area contributed by atoms with Crippen molar-refractivity contribution in [1.29, 1.82) is 0 Å². The van der Waals surface area contributed by atoms with Crippen LogP contribution in [0, 0.1) is 0 Å². The van der Waals surface area contributed by atoms with Crippen LogP contribution >= 0.6 is 0 Å². The van der Waals surface area contributed by atoms with Crippen molar-refractivity contribution in [2.45, 2.75) is 19.4 Å². The molecule has 0 amide bonds. The predicted octanol–water partition coefficient (Wildman–Crippen LogP) is 1.06. The van der Waals surface area contributed by atoms with E-state index in [4.69, 9.17) is 0 Å². The molecule has 84 valence electrons. The van der Waals surface area contributed by atoms with Crippen molar-refractivity contribution >= 4 is 5.82 Å². The maximum Gasteiger partial charge on any atom is 0.252 e. The van der Waals surface area contributed by atoms with E-state index in [0.29, 0.717) is 5.82 Å². The first kappa shape index (κ1) is 10.4. The lowest BCUT2D eigenvalue weighted by Crippen LogP contribution is -2.15. The summed E-state index contributed by atoms with van der Waals surface area (Å²) in [5.41, 5.74) is -0.174. The third-order valence-corrected chi connectivity index (χ3v) is 2.26. The van der Waals surface area contributed by atoms with E-state index >= 15 is 0 Å². The normalized spacial score (nSPS) is 12.3. The fourth-order valence-electron chi connectivity index (χ4n) is 1.46. The van der Waals surface area contributed by atoms with Gasteiger partial charge in [-0.1, -0.05) is 6.92 Å². The van der Waals surface area contributed by atoms with E-state index in [1.54, 1.807) is 12.4 Å². The van der Waals surface area contributed by atoms with Gasteiger partial charge < -0.3 is 15.3 Å². The second-order valence-electron chi connectivity index (χ2n) is 3.38. The highest BCUT2D eigenvalue weighted by molar-refractivity contribution is 5.34. The Kier molecular flexibility index (Phi) is 3.00. The second kappa shape index (κ2) is 4.61. The van der Waals surface area contributed by atoms with Gasteiger partial charge >= 0.3 is 0 Å². The molecule has 2 aromatic rings. The Morgan fingerprint density at radius 3 is 2.94 bits per heavy atom. The molecule has 1 atom stereocenters. The molecule has 6 heteroatoms. The summed E-state index contributed by atoms with van der Waals surface area (Å²) in [6.45, 7) is 2.04. The lowest BCUT2D eigenvalue weighted by Gasteiger charge is -2.14. The van der Waals surface area contributed by atoms with Crippen molar-refractivity contribution in [3.8, 4) is 0 Å². The van der Waals surface area contributed by atoms with Gasteiger partial charge in [-0.15, -0.1) is 0 Å². The Hall–Kier alpha value is -2.11. The first-order valence-corrected chi connectivity index (χ1v) is 5.10. The summed E-state index contributed by atoms with van der Waals surface area (Å²) in [6.07, 6.45) is 5.69. The zero-order valence-corrected chi connectivity index (χ0v) is 8.90. The van der Waals surface area contributed by atoms with Gasteiger partial charge in [0.05, 0.1) is 12.4 Å². The minimum Gasteiger partial charge on any atom is -0.360 e. The Labute approximate surface area is 92.2 Å². The maximum absolute atomic E-state index is 11.1.